The fourth-order valence-corrected chi connectivity index (χ4v) is 3.41. The number of carbonyl (C=O) groups is 1. The van der Waals surface area contributed by atoms with E-state index in [1.165, 1.54) is 5.56 Å². The molecule has 1 N–H and O–H groups in total. The van der Waals surface area contributed by atoms with Crippen LogP contribution in [0.2, 0.25) is 10.0 Å². The van der Waals surface area contributed by atoms with Crippen LogP contribution < -0.4 is 5.32 Å². The summed E-state index contributed by atoms with van der Waals surface area (Å²) in [5, 5.41) is 8.14. The lowest BCUT2D eigenvalue weighted by Gasteiger charge is -2.11. The van der Waals surface area contributed by atoms with Crippen LogP contribution in [0, 0.1) is 0 Å². The Morgan fingerprint density at radius 1 is 1.15 bits per heavy atom. The third-order valence-corrected chi connectivity index (χ3v) is 5.32. The number of carbonyl (C=O) groups excluding carboxylic acids is 1. The first kappa shape index (κ1) is 18.8. The molecule has 0 aliphatic carbocycles. The zero-order valence-corrected chi connectivity index (χ0v) is 16.4. The zero-order chi connectivity index (χ0) is 18.5. The smallest absolute Gasteiger partial charge is 0.256 e. The fourth-order valence-electron chi connectivity index (χ4n) is 2.50. The molecule has 0 unspecified atom stereocenters. The quantitative estimate of drug-likeness (QED) is 0.600. The monoisotopic (exact) mass is 405 g/mol. The van der Waals surface area contributed by atoms with E-state index in [0.717, 1.165) is 11.3 Å². The Bertz CT molecular complexity index is 909. The average molecular weight is 406 g/mol. The largest absolute Gasteiger partial charge is 0.307 e. The summed E-state index contributed by atoms with van der Waals surface area (Å²) in [7, 11) is 0. The minimum absolute atomic E-state index is 0.181. The van der Waals surface area contributed by atoms with Crippen LogP contribution in [0.25, 0.3) is 0 Å². The number of halogens is 2. The van der Waals surface area contributed by atoms with Gasteiger partial charge in [-0.1, -0.05) is 47.5 Å². The molecule has 3 aromatic rings. The van der Waals surface area contributed by atoms with Crippen LogP contribution in [0.3, 0.4) is 0 Å². The Morgan fingerprint density at radius 2 is 1.92 bits per heavy atom. The molecule has 1 aromatic heterocycles. The van der Waals surface area contributed by atoms with Crippen LogP contribution in [0.4, 0.5) is 5.82 Å². The highest BCUT2D eigenvalue weighted by molar-refractivity contribution is 7.97. The van der Waals surface area contributed by atoms with Crippen molar-refractivity contribution in [1.82, 2.24) is 9.78 Å². The molecule has 1 heterocycles. The fraction of sp³-hybridized carbons (Fsp3) is 0.158. The summed E-state index contributed by atoms with van der Waals surface area (Å²) in [6.07, 6.45) is 3.68. The number of amides is 1. The number of benzene rings is 2. The molecule has 134 valence electrons. The predicted octanol–water partition coefficient (Wildman–Crippen LogP) is 5.35. The first-order valence-electron chi connectivity index (χ1n) is 7.92. The van der Waals surface area contributed by atoms with Crippen LogP contribution in [-0.2, 0) is 12.3 Å². The third-order valence-electron chi connectivity index (χ3n) is 3.84. The Labute approximate surface area is 166 Å². The summed E-state index contributed by atoms with van der Waals surface area (Å²) in [5.41, 5.74) is 2.62. The van der Waals surface area contributed by atoms with Crippen LogP contribution in [0.5, 0.6) is 0 Å². The van der Waals surface area contributed by atoms with Gasteiger partial charge in [0.15, 0.2) is 0 Å². The highest BCUT2D eigenvalue weighted by Gasteiger charge is 2.12. The van der Waals surface area contributed by atoms with Crippen molar-refractivity contribution < 1.29 is 4.79 Å². The molecule has 3 rings (SSSR count). The van der Waals surface area contributed by atoms with Gasteiger partial charge in [-0.25, -0.2) is 4.68 Å². The molecule has 4 nitrogen and oxygen atoms in total. The number of anilines is 1. The summed E-state index contributed by atoms with van der Waals surface area (Å²) in [6.45, 7) is 0.411. The van der Waals surface area contributed by atoms with E-state index >= 15 is 0 Å². The van der Waals surface area contributed by atoms with Gasteiger partial charge >= 0.3 is 0 Å². The van der Waals surface area contributed by atoms with Crippen molar-refractivity contribution in [2.24, 2.45) is 0 Å². The molecule has 26 heavy (non-hydrogen) atoms. The Hall–Kier alpha value is -1.95. The molecule has 0 radical (unpaired) electrons. The average Bonchev–Trinajstić information content (AvgIpc) is 3.06. The van der Waals surface area contributed by atoms with Gasteiger partial charge in [0.2, 0.25) is 0 Å². The number of nitrogens with one attached hydrogen (secondary N) is 1. The minimum Gasteiger partial charge on any atom is -0.307 e. The van der Waals surface area contributed by atoms with E-state index in [-0.39, 0.29) is 5.91 Å². The zero-order valence-electron chi connectivity index (χ0n) is 14.1. The maximum absolute atomic E-state index is 12.5. The van der Waals surface area contributed by atoms with Crippen LogP contribution >= 0.6 is 35.0 Å². The topological polar surface area (TPSA) is 46.9 Å². The summed E-state index contributed by atoms with van der Waals surface area (Å²) < 4.78 is 1.68. The molecule has 0 spiro atoms. The van der Waals surface area contributed by atoms with Crippen LogP contribution in [0.1, 0.15) is 21.5 Å². The summed E-state index contributed by atoms with van der Waals surface area (Å²) in [5.74, 6) is 1.34. The maximum Gasteiger partial charge on any atom is 0.256 e. The SMILES string of the molecule is CSCc1ccc(C(=O)Nc2ccnn2Cc2cccc(Cl)c2Cl)cc1. The molecular weight excluding hydrogens is 389 g/mol. The summed E-state index contributed by atoms with van der Waals surface area (Å²) in [6, 6.07) is 14.8. The second kappa shape index (κ2) is 8.62. The Morgan fingerprint density at radius 3 is 2.65 bits per heavy atom. The van der Waals surface area contributed by atoms with Gasteiger partial charge in [0.1, 0.15) is 5.82 Å². The number of rotatable bonds is 6. The normalized spacial score (nSPS) is 10.7. The molecule has 0 fully saturated rings. The maximum atomic E-state index is 12.5. The van der Waals surface area contributed by atoms with Gasteiger partial charge in [-0.3, -0.25) is 4.79 Å². The van der Waals surface area contributed by atoms with Gasteiger partial charge in [-0.15, -0.1) is 0 Å². The van der Waals surface area contributed by atoms with Crippen molar-refractivity contribution in [1.29, 1.82) is 0 Å². The molecule has 0 bridgehead atoms. The molecule has 0 atom stereocenters. The molecular formula is C19H17Cl2N3OS. The number of thioether (sulfide) groups is 1. The van der Waals surface area contributed by atoms with Gasteiger partial charge in [0.05, 0.1) is 22.8 Å². The minimum atomic E-state index is -0.181. The van der Waals surface area contributed by atoms with Crippen molar-refractivity contribution in [2.45, 2.75) is 12.3 Å². The Kier molecular flexibility index (Phi) is 6.25. The van der Waals surface area contributed by atoms with Crippen LogP contribution in [-0.4, -0.2) is 21.9 Å². The molecule has 0 saturated carbocycles. The lowest BCUT2D eigenvalue weighted by Crippen LogP contribution is -2.16. The predicted molar refractivity (Wildman–Crippen MR) is 109 cm³/mol. The highest BCUT2D eigenvalue weighted by atomic mass is 35.5. The highest BCUT2D eigenvalue weighted by Crippen LogP contribution is 2.26. The van der Waals surface area contributed by atoms with E-state index in [9.17, 15) is 4.79 Å². The third kappa shape index (κ3) is 4.41. The van der Waals surface area contributed by atoms with E-state index in [0.29, 0.717) is 28.0 Å². The van der Waals surface area contributed by atoms with E-state index in [2.05, 4.69) is 10.4 Å². The lowest BCUT2D eigenvalue weighted by atomic mass is 10.1. The van der Waals surface area contributed by atoms with E-state index < -0.39 is 0 Å². The molecule has 0 aliphatic heterocycles. The Balaban J connectivity index is 1.74. The summed E-state index contributed by atoms with van der Waals surface area (Å²) >= 11 is 14.0. The van der Waals surface area contributed by atoms with Crippen LogP contribution in [0.15, 0.2) is 54.7 Å². The first-order valence-corrected chi connectivity index (χ1v) is 10.1. The van der Waals surface area contributed by atoms with Gasteiger partial charge in [0, 0.05) is 17.4 Å². The van der Waals surface area contributed by atoms with Crippen molar-refractivity contribution in [3.8, 4) is 0 Å². The van der Waals surface area contributed by atoms with Gasteiger partial charge in [-0.05, 0) is 35.6 Å². The number of nitrogens with zero attached hydrogens (tertiary/aromatic N) is 2. The van der Waals surface area contributed by atoms with E-state index in [1.807, 2.05) is 42.7 Å². The molecule has 2 aromatic carbocycles. The van der Waals surface area contributed by atoms with Crippen molar-refractivity contribution in [3.63, 3.8) is 0 Å². The standard InChI is InChI=1S/C19H17Cl2N3OS/c1-26-12-13-5-7-14(8-6-13)19(25)23-17-9-10-22-24(17)11-15-3-2-4-16(20)18(15)21/h2-10H,11-12H2,1H3,(H,23,25). The van der Waals surface area contributed by atoms with Gasteiger partial charge < -0.3 is 5.32 Å². The second-order valence-corrected chi connectivity index (χ2v) is 7.32. The second-order valence-electron chi connectivity index (χ2n) is 5.67. The van der Waals surface area contributed by atoms with Gasteiger partial charge in [-0.2, -0.15) is 16.9 Å². The summed E-state index contributed by atoms with van der Waals surface area (Å²) in [4.78, 5) is 12.5. The number of aromatic nitrogens is 2. The first-order chi connectivity index (χ1) is 12.6. The van der Waals surface area contributed by atoms with Crippen molar-refractivity contribution in [3.05, 3.63) is 81.5 Å². The van der Waals surface area contributed by atoms with Crippen molar-refractivity contribution >= 4 is 46.7 Å². The van der Waals surface area contributed by atoms with E-state index in [4.69, 9.17) is 23.2 Å². The molecule has 0 aliphatic rings. The molecule has 0 saturated heterocycles. The number of hydrogen-bond donors (Lipinski definition) is 1. The lowest BCUT2D eigenvalue weighted by molar-refractivity contribution is 0.102. The molecule has 1 amide bonds. The van der Waals surface area contributed by atoms with Gasteiger partial charge in [0.25, 0.3) is 5.91 Å². The number of hydrogen-bond acceptors (Lipinski definition) is 3. The molecule has 7 heteroatoms. The van der Waals surface area contributed by atoms with Crippen molar-refractivity contribution in [2.75, 3.05) is 11.6 Å². The van der Waals surface area contributed by atoms with E-state index in [1.54, 1.807) is 34.8 Å².